The minimum atomic E-state index is -2.44. The number of halogens is 2. The molecule has 0 aromatic heterocycles. The lowest BCUT2D eigenvalue weighted by molar-refractivity contribution is 0.101. The van der Waals surface area contributed by atoms with Crippen LogP contribution in [0.1, 0.15) is 22.8 Å². The van der Waals surface area contributed by atoms with Gasteiger partial charge in [0.25, 0.3) is 0 Å². The third-order valence-corrected chi connectivity index (χ3v) is 5.15. The smallest absolute Gasteiger partial charge is 0.159 e. The molecule has 2 aromatic rings. The van der Waals surface area contributed by atoms with Gasteiger partial charge in [-0.15, -0.1) is 11.8 Å². The zero-order valence-electron chi connectivity index (χ0n) is 12.0. The second-order valence-corrected chi connectivity index (χ2v) is 7.16. The first-order valence-corrected chi connectivity index (χ1v) is 9.26. The Morgan fingerprint density at radius 2 is 2.00 bits per heavy atom. The monoisotopic (exact) mass is 388 g/mol. The van der Waals surface area contributed by atoms with E-state index < -0.39 is 11.3 Å². The molecule has 4 nitrogen and oxygen atoms in total. The minimum Gasteiger partial charge on any atom is -0.755 e. The van der Waals surface area contributed by atoms with Crippen molar-refractivity contribution in [2.24, 2.45) is 0 Å². The van der Waals surface area contributed by atoms with E-state index in [0.29, 0.717) is 32.6 Å². The topological polar surface area (TPSA) is 69.2 Å². The summed E-state index contributed by atoms with van der Waals surface area (Å²) in [5.41, 5.74) is 1.64. The van der Waals surface area contributed by atoms with Crippen LogP contribution in [0.3, 0.4) is 0 Å². The third kappa shape index (κ3) is 5.22. The van der Waals surface area contributed by atoms with Crippen molar-refractivity contribution in [1.82, 2.24) is 0 Å². The molecule has 0 saturated carbocycles. The number of Topliss-reactive ketones (excluding diaryl/α,β-unsaturated/α-hetero) is 1. The van der Waals surface area contributed by atoms with Gasteiger partial charge in [0, 0.05) is 38.2 Å². The van der Waals surface area contributed by atoms with Gasteiger partial charge in [0.15, 0.2) is 5.78 Å². The van der Waals surface area contributed by atoms with Crippen LogP contribution in [0.4, 0.5) is 5.69 Å². The summed E-state index contributed by atoms with van der Waals surface area (Å²) in [6, 6.07) is 10.0. The average Bonchev–Trinajstić information content (AvgIpc) is 2.46. The lowest BCUT2D eigenvalue weighted by Gasteiger charge is -2.14. The fourth-order valence-electron chi connectivity index (χ4n) is 1.87. The van der Waals surface area contributed by atoms with Gasteiger partial charge in [-0.2, -0.15) is 0 Å². The van der Waals surface area contributed by atoms with Crippen LogP contribution in [0.15, 0.2) is 41.3 Å². The maximum atomic E-state index is 11.5. The first kappa shape index (κ1) is 18.3. The lowest BCUT2D eigenvalue weighted by atomic mass is 10.1. The van der Waals surface area contributed by atoms with Gasteiger partial charge in [-0.25, -0.2) is 0 Å². The highest BCUT2D eigenvalue weighted by Crippen LogP contribution is 2.33. The summed E-state index contributed by atoms with van der Waals surface area (Å²) in [5.74, 6) is 0.359. The quantitative estimate of drug-likeness (QED) is 0.442. The van der Waals surface area contributed by atoms with Crippen LogP contribution in [0.5, 0.6) is 0 Å². The number of carbonyl (C=O) groups excluding carboxylic acids is 1. The molecule has 0 aliphatic carbocycles. The molecule has 122 valence electrons. The van der Waals surface area contributed by atoms with Crippen LogP contribution in [0.2, 0.25) is 10.0 Å². The Labute approximate surface area is 151 Å². The Bertz CT molecular complexity index is 768. The Hall–Kier alpha value is -1.05. The Morgan fingerprint density at radius 3 is 2.61 bits per heavy atom. The van der Waals surface area contributed by atoms with Crippen LogP contribution in [-0.2, 0) is 17.0 Å². The molecule has 1 unspecified atom stereocenters. The van der Waals surface area contributed by atoms with Crippen LogP contribution < -0.4 is 4.72 Å². The van der Waals surface area contributed by atoms with Crippen molar-refractivity contribution in [2.45, 2.75) is 17.6 Å². The van der Waals surface area contributed by atoms with E-state index >= 15 is 0 Å². The summed E-state index contributed by atoms with van der Waals surface area (Å²) in [6.45, 7) is 1.46. The highest BCUT2D eigenvalue weighted by atomic mass is 35.5. The van der Waals surface area contributed by atoms with Crippen molar-refractivity contribution in [3.63, 3.8) is 0 Å². The van der Waals surface area contributed by atoms with Crippen molar-refractivity contribution in [3.05, 3.63) is 57.6 Å². The van der Waals surface area contributed by atoms with Crippen LogP contribution in [0.25, 0.3) is 0 Å². The normalized spacial score (nSPS) is 12.0. The number of hydrogen-bond donors (Lipinski definition) is 1. The van der Waals surface area contributed by atoms with E-state index in [4.69, 9.17) is 23.2 Å². The van der Waals surface area contributed by atoms with Crippen molar-refractivity contribution in [3.8, 4) is 0 Å². The van der Waals surface area contributed by atoms with Crippen molar-refractivity contribution < 1.29 is 13.6 Å². The number of benzene rings is 2. The van der Waals surface area contributed by atoms with Gasteiger partial charge in [-0.3, -0.25) is 9.00 Å². The van der Waals surface area contributed by atoms with E-state index in [0.717, 1.165) is 4.90 Å². The Morgan fingerprint density at radius 1 is 1.26 bits per heavy atom. The zero-order chi connectivity index (χ0) is 17.0. The van der Waals surface area contributed by atoms with Gasteiger partial charge in [0.1, 0.15) is 0 Å². The maximum Gasteiger partial charge on any atom is 0.159 e. The molecule has 0 heterocycles. The standard InChI is InChI=1S/C15H13Cl2NO3S2/c1-9(19)10-2-4-14(18-23(20)21)11(6-10)8-22-15-5-3-12(16)7-13(15)17/h2-7,18H,8H2,1H3,(H,20,21)/p-1. The predicted molar refractivity (Wildman–Crippen MR) is 95.0 cm³/mol. The third-order valence-electron chi connectivity index (χ3n) is 2.98. The molecule has 23 heavy (non-hydrogen) atoms. The highest BCUT2D eigenvalue weighted by molar-refractivity contribution is 7.98. The molecule has 0 aliphatic heterocycles. The number of ketones is 1. The number of anilines is 1. The van der Waals surface area contributed by atoms with Crippen molar-refractivity contribution in [2.75, 3.05) is 4.72 Å². The number of carbonyl (C=O) groups is 1. The fourth-order valence-corrected chi connectivity index (χ4v) is 3.73. The molecule has 1 atom stereocenters. The van der Waals surface area contributed by atoms with E-state index in [9.17, 15) is 13.6 Å². The maximum absolute atomic E-state index is 11.5. The second-order valence-electron chi connectivity index (χ2n) is 4.63. The SMILES string of the molecule is CC(=O)c1ccc(NS(=O)[O-])c(CSc2ccc(Cl)cc2Cl)c1. The number of rotatable bonds is 6. The Kier molecular flexibility index (Phi) is 6.50. The molecular formula is C15H12Cl2NO3S2-. The number of nitrogens with one attached hydrogen (secondary N) is 1. The van der Waals surface area contributed by atoms with E-state index in [-0.39, 0.29) is 5.78 Å². The molecular weight excluding hydrogens is 377 g/mol. The first-order chi connectivity index (χ1) is 10.9. The zero-order valence-corrected chi connectivity index (χ0v) is 15.1. The summed E-state index contributed by atoms with van der Waals surface area (Å²) >= 11 is 11.0. The van der Waals surface area contributed by atoms with Gasteiger partial charge in [0.2, 0.25) is 0 Å². The number of thioether (sulfide) groups is 1. The van der Waals surface area contributed by atoms with Gasteiger partial charge >= 0.3 is 0 Å². The van der Waals surface area contributed by atoms with Gasteiger partial charge in [-0.1, -0.05) is 23.2 Å². The molecule has 0 saturated heterocycles. The second kappa shape index (κ2) is 8.17. The molecule has 8 heteroatoms. The predicted octanol–water partition coefficient (Wildman–Crippen LogP) is 4.69. The van der Waals surface area contributed by atoms with Crippen LogP contribution >= 0.6 is 35.0 Å². The van der Waals surface area contributed by atoms with Crippen molar-refractivity contribution >= 4 is 57.7 Å². The first-order valence-electron chi connectivity index (χ1n) is 6.44. The molecule has 0 aliphatic rings. The Balaban J connectivity index is 2.26. The van der Waals surface area contributed by atoms with E-state index in [1.54, 1.807) is 36.4 Å². The molecule has 0 amide bonds. The molecule has 0 bridgehead atoms. The molecule has 0 spiro atoms. The van der Waals surface area contributed by atoms with Gasteiger partial charge in [-0.05, 0) is 48.9 Å². The molecule has 1 N–H and O–H groups in total. The summed E-state index contributed by atoms with van der Waals surface area (Å²) in [4.78, 5) is 12.3. The van der Waals surface area contributed by atoms with Gasteiger partial charge in [0.05, 0.1) is 5.02 Å². The van der Waals surface area contributed by atoms with Crippen LogP contribution in [-0.4, -0.2) is 14.5 Å². The minimum absolute atomic E-state index is 0.0874. The highest BCUT2D eigenvalue weighted by Gasteiger charge is 2.09. The van der Waals surface area contributed by atoms with Gasteiger partial charge < -0.3 is 9.27 Å². The fraction of sp³-hybridized carbons (Fsp3) is 0.133. The van der Waals surface area contributed by atoms with Crippen molar-refractivity contribution in [1.29, 1.82) is 0 Å². The van der Waals surface area contributed by atoms with E-state index in [2.05, 4.69) is 4.72 Å². The molecule has 0 fully saturated rings. The van der Waals surface area contributed by atoms with Crippen LogP contribution in [0, 0.1) is 0 Å². The van der Waals surface area contributed by atoms with E-state index in [1.807, 2.05) is 0 Å². The summed E-state index contributed by atoms with van der Waals surface area (Å²) in [5, 5.41) is 1.06. The summed E-state index contributed by atoms with van der Waals surface area (Å²) in [7, 11) is 0. The lowest BCUT2D eigenvalue weighted by Crippen LogP contribution is -2.06. The largest absolute Gasteiger partial charge is 0.755 e. The number of hydrogen-bond acceptors (Lipinski definition) is 4. The molecule has 2 aromatic carbocycles. The molecule has 0 radical (unpaired) electrons. The average molecular weight is 389 g/mol. The summed E-state index contributed by atoms with van der Waals surface area (Å²) < 4.78 is 24.1. The molecule has 2 rings (SSSR count). The summed E-state index contributed by atoms with van der Waals surface area (Å²) in [6.07, 6.45) is 0. The van der Waals surface area contributed by atoms with E-state index in [1.165, 1.54) is 18.7 Å².